The topological polar surface area (TPSA) is 71.1 Å². The second-order valence-electron chi connectivity index (χ2n) is 7.59. The van der Waals surface area contributed by atoms with Crippen molar-refractivity contribution in [3.05, 3.63) is 29.3 Å². The minimum absolute atomic E-state index is 0.000906. The van der Waals surface area contributed by atoms with Crippen molar-refractivity contribution in [1.82, 2.24) is 9.80 Å². The summed E-state index contributed by atoms with van der Waals surface area (Å²) in [4.78, 5) is 28.7. The molecule has 2 unspecified atom stereocenters. The van der Waals surface area contributed by atoms with Crippen LogP contribution in [0.15, 0.2) is 24.3 Å². The number of hydrogen-bond acceptors (Lipinski definition) is 5. The van der Waals surface area contributed by atoms with Crippen LogP contribution in [0.1, 0.15) is 26.2 Å². The Bertz CT molecular complexity index is 688. The van der Waals surface area contributed by atoms with E-state index in [-0.39, 0.29) is 24.5 Å². The van der Waals surface area contributed by atoms with E-state index < -0.39 is 6.10 Å². The van der Waals surface area contributed by atoms with E-state index >= 15 is 0 Å². The molecule has 7 nitrogen and oxygen atoms in total. The van der Waals surface area contributed by atoms with Crippen molar-refractivity contribution < 1.29 is 19.1 Å². The first-order valence-electron chi connectivity index (χ1n) is 10.3. The van der Waals surface area contributed by atoms with Gasteiger partial charge in [0.05, 0.1) is 30.0 Å². The van der Waals surface area contributed by atoms with E-state index in [4.69, 9.17) is 21.1 Å². The van der Waals surface area contributed by atoms with E-state index in [0.717, 1.165) is 25.9 Å². The van der Waals surface area contributed by atoms with Crippen LogP contribution in [-0.4, -0.2) is 79.8 Å². The maximum absolute atomic E-state index is 12.6. The second-order valence-corrected chi connectivity index (χ2v) is 8.00. The molecule has 1 N–H and O–H groups in total. The molecule has 29 heavy (non-hydrogen) atoms. The van der Waals surface area contributed by atoms with Crippen LogP contribution in [0.2, 0.25) is 5.02 Å². The van der Waals surface area contributed by atoms with Crippen LogP contribution in [0, 0.1) is 0 Å². The molecular weight excluding hydrogens is 394 g/mol. The molecule has 2 saturated heterocycles. The van der Waals surface area contributed by atoms with Gasteiger partial charge in [-0.3, -0.25) is 14.5 Å². The van der Waals surface area contributed by atoms with Gasteiger partial charge >= 0.3 is 0 Å². The molecule has 2 heterocycles. The monoisotopic (exact) mass is 423 g/mol. The Balaban J connectivity index is 1.37. The highest BCUT2D eigenvalue weighted by molar-refractivity contribution is 6.33. The third kappa shape index (κ3) is 6.67. The zero-order chi connectivity index (χ0) is 20.6. The predicted octanol–water partition coefficient (Wildman–Crippen LogP) is 2.40. The van der Waals surface area contributed by atoms with Crippen molar-refractivity contribution in [2.75, 3.05) is 51.3 Å². The fourth-order valence-corrected chi connectivity index (χ4v) is 3.78. The van der Waals surface area contributed by atoms with E-state index in [1.807, 2.05) is 21.9 Å². The summed E-state index contributed by atoms with van der Waals surface area (Å²) in [6.45, 7) is 5.81. The molecule has 0 spiro atoms. The summed E-state index contributed by atoms with van der Waals surface area (Å²) >= 11 is 6.08. The molecule has 2 atom stereocenters. The number of ether oxygens (including phenoxy) is 2. The zero-order valence-electron chi connectivity index (χ0n) is 16.9. The molecule has 1 aromatic rings. The van der Waals surface area contributed by atoms with E-state index in [9.17, 15) is 9.59 Å². The largest absolute Gasteiger partial charge is 0.376 e. The molecule has 0 aromatic heterocycles. The van der Waals surface area contributed by atoms with Gasteiger partial charge in [-0.15, -0.1) is 0 Å². The normalized spacial score (nSPS) is 21.6. The summed E-state index contributed by atoms with van der Waals surface area (Å²) in [6.07, 6.45) is 2.88. The van der Waals surface area contributed by atoms with Gasteiger partial charge in [-0.1, -0.05) is 23.7 Å². The lowest BCUT2D eigenvalue weighted by Crippen LogP contribution is -2.52. The Hall–Kier alpha value is -1.67. The van der Waals surface area contributed by atoms with Gasteiger partial charge in [-0.2, -0.15) is 0 Å². The van der Waals surface area contributed by atoms with Crippen LogP contribution in [0.5, 0.6) is 0 Å². The molecular formula is C21H30ClN3O4. The van der Waals surface area contributed by atoms with Gasteiger partial charge in [0.2, 0.25) is 5.91 Å². The molecule has 2 amide bonds. The minimum Gasteiger partial charge on any atom is -0.376 e. The van der Waals surface area contributed by atoms with Gasteiger partial charge in [0.25, 0.3) is 5.91 Å². The highest BCUT2D eigenvalue weighted by Crippen LogP contribution is 2.20. The molecule has 2 aliphatic heterocycles. The lowest BCUT2D eigenvalue weighted by molar-refractivity contribution is -0.147. The van der Waals surface area contributed by atoms with Gasteiger partial charge in [0, 0.05) is 32.8 Å². The van der Waals surface area contributed by atoms with Crippen LogP contribution >= 0.6 is 11.6 Å². The standard InChI is InChI=1S/C21H30ClN3O4/c1-16(29-15-17-6-4-5-13-28-17)21(27)25-11-9-24(10-12-25)14-20(26)23-19-8-3-2-7-18(19)22/h2-3,7-8,16-17H,4-6,9-15H2,1H3,(H,23,26). The van der Waals surface area contributed by atoms with E-state index in [2.05, 4.69) is 5.32 Å². The second kappa shape index (κ2) is 10.9. The molecule has 0 bridgehead atoms. The van der Waals surface area contributed by atoms with E-state index in [0.29, 0.717) is 43.5 Å². The maximum Gasteiger partial charge on any atom is 0.251 e. The summed E-state index contributed by atoms with van der Waals surface area (Å²) in [5.41, 5.74) is 0.612. The fraction of sp³-hybridized carbons (Fsp3) is 0.619. The summed E-state index contributed by atoms with van der Waals surface area (Å²) in [7, 11) is 0. The van der Waals surface area contributed by atoms with Crippen LogP contribution in [0.4, 0.5) is 5.69 Å². The number of rotatable bonds is 7. The highest BCUT2D eigenvalue weighted by Gasteiger charge is 2.27. The molecule has 0 saturated carbocycles. The Morgan fingerprint density at radius 1 is 1.24 bits per heavy atom. The Kier molecular flexibility index (Phi) is 8.29. The average molecular weight is 424 g/mol. The van der Waals surface area contributed by atoms with E-state index in [1.165, 1.54) is 0 Å². The SMILES string of the molecule is CC(OCC1CCCCO1)C(=O)N1CCN(CC(=O)Nc2ccccc2Cl)CC1. The maximum atomic E-state index is 12.6. The predicted molar refractivity (Wildman–Crippen MR) is 112 cm³/mol. The third-order valence-corrected chi connectivity index (χ3v) is 5.68. The summed E-state index contributed by atoms with van der Waals surface area (Å²) < 4.78 is 11.4. The first kappa shape index (κ1) is 22.0. The first-order chi connectivity index (χ1) is 14.0. The zero-order valence-corrected chi connectivity index (χ0v) is 17.7. The van der Waals surface area contributed by atoms with Crippen LogP contribution in [0.25, 0.3) is 0 Å². The lowest BCUT2D eigenvalue weighted by atomic mass is 10.1. The highest BCUT2D eigenvalue weighted by atomic mass is 35.5. The van der Waals surface area contributed by atoms with Crippen LogP contribution < -0.4 is 5.32 Å². The van der Waals surface area contributed by atoms with Crippen LogP contribution in [0.3, 0.4) is 0 Å². The fourth-order valence-electron chi connectivity index (χ4n) is 3.60. The van der Waals surface area contributed by atoms with Crippen molar-refractivity contribution in [2.45, 2.75) is 38.4 Å². The van der Waals surface area contributed by atoms with Gasteiger partial charge < -0.3 is 19.7 Å². The number of carbonyl (C=O) groups excluding carboxylic acids is 2. The molecule has 160 valence electrons. The number of anilines is 1. The van der Waals surface area contributed by atoms with Crippen molar-refractivity contribution in [3.8, 4) is 0 Å². The average Bonchev–Trinajstić information content (AvgIpc) is 2.74. The number of hydrogen-bond donors (Lipinski definition) is 1. The Morgan fingerprint density at radius 2 is 2.00 bits per heavy atom. The van der Waals surface area contributed by atoms with Gasteiger partial charge in [-0.05, 0) is 38.3 Å². The smallest absolute Gasteiger partial charge is 0.251 e. The third-order valence-electron chi connectivity index (χ3n) is 5.35. The number of para-hydroxylation sites is 1. The van der Waals surface area contributed by atoms with Crippen molar-refractivity contribution in [2.24, 2.45) is 0 Å². The molecule has 2 aliphatic rings. The quantitative estimate of drug-likeness (QED) is 0.729. The van der Waals surface area contributed by atoms with Gasteiger partial charge in [0.15, 0.2) is 0 Å². The first-order valence-corrected chi connectivity index (χ1v) is 10.7. The molecule has 1 aromatic carbocycles. The number of piperazine rings is 1. The van der Waals surface area contributed by atoms with Crippen molar-refractivity contribution in [3.63, 3.8) is 0 Å². The molecule has 3 rings (SSSR count). The summed E-state index contributed by atoms with van der Waals surface area (Å²) in [6, 6.07) is 7.17. The number of nitrogens with zero attached hydrogens (tertiary/aromatic N) is 2. The van der Waals surface area contributed by atoms with Gasteiger partial charge in [-0.25, -0.2) is 0 Å². The van der Waals surface area contributed by atoms with Gasteiger partial charge in [0.1, 0.15) is 6.10 Å². The Morgan fingerprint density at radius 3 is 2.69 bits per heavy atom. The Labute approximate surface area is 177 Å². The molecule has 0 aliphatic carbocycles. The van der Waals surface area contributed by atoms with E-state index in [1.54, 1.807) is 19.1 Å². The summed E-state index contributed by atoms with van der Waals surface area (Å²) in [5, 5.41) is 3.35. The molecule has 2 fully saturated rings. The minimum atomic E-state index is -0.476. The number of nitrogens with one attached hydrogen (secondary N) is 1. The summed E-state index contributed by atoms with van der Waals surface area (Å²) in [5.74, 6) is -0.108. The van der Waals surface area contributed by atoms with Crippen LogP contribution in [-0.2, 0) is 19.1 Å². The number of amides is 2. The molecule has 0 radical (unpaired) electrons. The number of carbonyl (C=O) groups is 2. The number of benzene rings is 1. The van der Waals surface area contributed by atoms with Crippen molar-refractivity contribution >= 4 is 29.1 Å². The van der Waals surface area contributed by atoms with Crippen molar-refractivity contribution in [1.29, 1.82) is 0 Å². The lowest BCUT2D eigenvalue weighted by Gasteiger charge is -2.35. The number of halogens is 1. The molecule has 8 heteroatoms.